The molecule has 1 aliphatic rings. The molecule has 2 aromatic rings. The first kappa shape index (κ1) is 17.3. The van der Waals surface area contributed by atoms with E-state index >= 15 is 0 Å². The van der Waals surface area contributed by atoms with Gasteiger partial charge in [-0.3, -0.25) is 0 Å². The maximum absolute atomic E-state index is 5.26. The lowest BCUT2D eigenvalue weighted by Gasteiger charge is -2.25. The van der Waals surface area contributed by atoms with Crippen LogP contribution in [-0.2, 0) is 15.9 Å². The van der Waals surface area contributed by atoms with E-state index in [1.807, 2.05) is 0 Å². The van der Waals surface area contributed by atoms with Gasteiger partial charge in [-0.05, 0) is 43.9 Å². The Morgan fingerprint density at radius 3 is 2.82 bits per heavy atom. The second-order valence-electron chi connectivity index (χ2n) is 5.82. The molecular formula is C17H25ClN2O2. The highest BCUT2D eigenvalue weighted by Crippen LogP contribution is 2.35. The Bertz CT molecular complexity index is 622. The van der Waals surface area contributed by atoms with Gasteiger partial charge >= 0.3 is 0 Å². The van der Waals surface area contributed by atoms with Crippen molar-refractivity contribution < 1.29 is 9.47 Å². The quantitative estimate of drug-likeness (QED) is 0.828. The number of ether oxygens (including phenoxy) is 2. The van der Waals surface area contributed by atoms with Crippen LogP contribution in [0.25, 0.3) is 10.9 Å². The van der Waals surface area contributed by atoms with Crippen LogP contribution in [0, 0.1) is 6.92 Å². The van der Waals surface area contributed by atoms with Gasteiger partial charge in [0.05, 0.1) is 0 Å². The summed E-state index contributed by atoms with van der Waals surface area (Å²) in [4.78, 5) is 3.61. The predicted molar refractivity (Wildman–Crippen MR) is 91.8 cm³/mol. The minimum absolute atomic E-state index is 0. The zero-order valence-corrected chi connectivity index (χ0v) is 14.3. The molecule has 0 amide bonds. The SMILES string of the molecule is COC(CNC1CCCc2c1[nH]c1ccc(C)cc21)OC.Cl. The number of methoxy groups -OCH3 is 2. The Labute approximate surface area is 138 Å². The Balaban J connectivity index is 0.00000176. The van der Waals surface area contributed by atoms with E-state index in [1.54, 1.807) is 14.2 Å². The second kappa shape index (κ2) is 7.47. The Kier molecular flexibility index (Phi) is 5.87. The topological polar surface area (TPSA) is 46.3 Å². The number of halogens is 1. The molecule has 2 N–H and O–H groups in total. The molecule has 3 rings (SSSR count). The lowest BCUT2D eigenvalue weighted by Crippen LogP contribution is -2.34. The van der Waals surface area contributed by atoms with Crippen molar-refractivity contribution in [2.75, 3.05) is 20.8 Å². The summed E-state index contributed by atoms with van der Waals surface area (Å²) in [7, 11) is 3.35. The van der Waals surface area contributed by atoms with E-state index in [9.17, 15) is 0 Å². The second-order valence-corrected chi connectivity index (χ2v) is 5.82. The van der Waals surface area contributed by atoms with Gasteiger partial charge in [0.25, 0.3) is 0 Å². The van der Waals surface area contributed by atoms with Crippen LogP contribution < -0.4 is 5.32 Å². The van der Waals surface area contributed by atoms with E-state index in [0.717, 1.165) is 12.8 Å². The molecule has 0 bridgehead atoms. The summed E-state index contributed by atoms with van der Waals surface area (Å²) < 4.78 is 10.5. The average molecular weight is 325 g/mol. The number of fused-ring (bicyclic) bond motifs is 3. The summed E-state index contributed by atoms with van der Waals surface area (Å²) in [5.41, 5.74) is 5.38. The van der Waals surface area contributed by atoms with Crippen LogP contribution in [0.5, 0.6) is 0 Å². The largest absolute Gasteiger partial charge is 0.357 e. The van der Waals surface area contributed by atoms with Crippen LogP contribution in [0.1, 0.15) is 35.7 Å². The molecule has 1 aromatic carbocycles. The first-order valence-electron chi connectivity index (χ1n) is 7.63. The van der Waals surface area contributed by atoms with Gasteiger partial charge in [0.2, 0.25) is 0 Å². The standard InChI is InChI=1S/C17H24N2O2.ClH/c1-11-7-8-14-13(9-11)12-5-4-6-15(17(12)19-14)18-10-16(20-2)21-3;/h7-9,15-16,18-19H,4-6,10H2,1-3H3;1H. The number of benzene rings is 1. The highest BCUT2D eigenvalue weighted by molar-refractivity contribution is 5.86. The van der Waals surface area contributed by atoms with Crippen molar-refractivity contribution >= 4 is 23.3 Å². The molecular weight excluding hydrogens is 300 g/mol. The Morgan fingerprint density at radius 1 is 1.32 bits per heavy atom. The van der Waals surface area contributed by atoms with Crippen LogP contribution in [0.3, 0.4) is 0 Å². The summed E-state index contributed by atoms with van der Waals surface area (Å²) in [5, 5.41) is 4.96. The molecule has 122 valence electrons. The summed E-state index contributed by atoms with van der Waals surface area (Å²) in [5.74, 6) is 0. The third kappa shape index (κ3) is 3.30. The monoisotopic (exact) mass is 324 g/mol. The zero-order chi connectivity index (χ0) is 14.8. The van der Waals surface area contributed by atoms with E-state index < -0.39 is 0 Å². The predicted octanol–water partition coefficient (Wildman–Crippen LogP) is 3.48. The average Bonchev–Trinajstić information content (AvgIpc) is 2.87. The maximum Gasteiger partial charge on any atom is 0.169 e. The van der Waals surface area contributed by atoms with E-state index in [4.69, 9.17) is 9.47 Å². The highest BCUT2D eigenvalue weighted by atomic mass is 35.5. The third-order valence-electron chi connectivity index (χ3n) is 4.42. The van der Waals surface area contributed by atoms with Gasteiger partial charge in [0.1, 0.15) is 0 Å². The normalized spacial score (nSPS) is 17.5. The number of H-pyrrole nitrogens is 1. The lowest BCUT2D eigenvalue weighted by molar-refractivity contribution is -0.100. The van der Waals surface area contributed by atoms with Gasteiger partial charge in [0.15, 0.2) is 6.29 Å². The van der Waals surface area contributed by atoms with Gasteiger partial charge in [0, 0.05) is 43.4 Å². The number of nitrogens with one attached hydrogen (secondary N) is 2. The minimum atomic E-state index is -0.193. The van der Waals surface area contributed by atoms with Crippen LogP contribution in [0.2, 0.25) is 0 Å². The smallest absolute Gasteiger partial charge is 0.169 e. The molecule has 22 heavy (non-hydrogen) atoms. The van der Waals surface area contributed by atoms with Crippen molar-refractivity contribution in [2.45, 2.75) is 38.5 Å². The molecule has 1 heterocycles. The van der Waals surface area contributed by atoms with E-state index in [1.165, 1.54) is 34.1 Å². The van der Waals surface area contributed by atoms with E-state index in [2.05, 4.69) is 35.4 Å². The number of hydrogen-bond acceptors (Lipinski definition) is 3. The van der Waals surface area contributed by atoms with Crippen molar-refractivity contribution in [3.8, 4) is 0 Å². The van der Waals surface area contributed by atoms with Crippen LogP contribution >= 0.6 is 12.4 Å². The van der Waals surface area contributed by atoms with Gasteiger partial charge in [-0.25, -0.2) is 0 Å². The molecule has 0 aliphatic heterocycles. The summed E-state index contributed by atoms with van der Waals surface area (Å²) >= 11 is 0. The molecule has 0 spiro atoms. The van der Waals surface area contributed by atoms with Crippen LogP contribution in [0.4, 0.5) is 0 Å². The molecule has 1 aromatic heterocycles. The third-order valence-corrected chi connectivity index (χ3v) is 4.42. The molecule has 1 aliphatic carbocycles. The van der Waals surface area contributed by atoms with Crippen molar-refractivity contribution in [1.29, 1.82) is 0 Å². The van der Waals surface area contributed by atoms with Gasteiger partial charge in [-0.15, -0.1) is 12.4 Å². The van der Waals surface area contributed by atoms with Gasteiger partial charge < -0.3 is 19.8 Å². The number of aromatic nitrogens is 1. The number of aryl methyl sites for hydroxylation is 2. The van der Waals surface area contributed by atoms with Crippen molar-refractivity contribution in [2.24, 2.45) is 0 Å². The van der Waals surface area contributed by atoms with Crippen molar-refractivity contribution in [3.63, 3.8) is 0 Å². The first-order valence-corrected chi connectivity index (χ1v) is 7.63. The first-order chi connectivity index (χ1) is 10.2. The van der Waals surface area contributed by atoms with Crippen LogP contribution in [0.15, 0.2) is 18.2 Å². The molecule has 1 atom stereocenters. The van der Waals surface area contributed by atoms with E-state index in [0.29, 0.717) is 12.6 Å². The van der Waals surface area contributed by atoms with Gasteiger partial charge in [-0.2, -0.15) is 0 Å². The van der Waals surface area contributed by atoms with Crippen LogP contribution in [-0.4, -0.2) is 32.0 Å². The molecule has 5 heteroatoms. The fourth-order valence-electron chi connectivity index (χ4n) is 3.28. The van der Waals surface area contributed by atoms with E-state index in [-0.39, 0.29) is 18.7 Å². The molecule has 0 fully saturated rings. The fourth-order valence-corrected chi connectivity index (χ4v) is 3.28. The molecule has 0 radical (unpaired) electrons. The maximum atomic E-state index is 5.26. The van der Waals surface area contributed by atoms with Crippen molar-refractivity contribution in [1.82, 2.24) is 10.3 Å². The number of rotatable bonds is 5. The highest BCUT2D eigenvalue weighted by Gasteiger charge is 2.24. The molecule has 1 unspecified atom stereocenters. The Morgan fingerprint density at radius 2 is 2.09 bits per heavy atom. The minimum Gasteiger partial charge on any atom is -0.357 e. The molecule has 4 nitrogen and oxygen atoms in total. The zero-order valence-electron chi connectivity index (χ0n) is 13.4. The summed E-state index contributed by atoms with van der Waals surface area (Å²) in [6.07, 6.45) is 3.34. The fraction of sp³-hybridized carbons (Fsp3) is 0.529. The summed E-state index contributed by atoms with van der Waals surface area (Å²) in [6, 6.07) is 7.00. The summed E-state index contributed by atoms with van der Waals surface area (Å²) in [6.45, 7) is 2.85. The lowest BCUT2D eigenvalue weighted by atomic mass is 9.91. The van der Waals surface area contributed by atoms with Crippen molar-refractivity contribution in [3.05, 3.63) is 35.0 Å². The number of hydrogen-bond donors (Lipinski definition) is 2. The molecule has 0 saturated carbocycles. The molecule has 0 saturated heterocycles. The Hall–Kier alpha value is -1.07. The van der Waals surface area contributed by atoms with Gasteiger partial charge in [-0.1, -0.05) is 11.6 Å². The number of aromatic amines is 1.